The molecule has 2 aromatic carbocycles. The molecule has 2 N–H and O–H groups in total. The van der Waals surface area contributed by atoms with Crippen LogP contribution in [0, 0.1) is 6.92 Å². The maximum absolute atomic E-state index is 12.8. The molecule has 3 rings (SSSR count). The van der Waals surface area contributed by atoms with E-state index in [9.17, 15) is 19.2 Å². The van der Waals surface area contributed by atoms with Gasteiger partial charge in [0.25, 0.3) is 5.91 Å². The summed E-state index contributed by atoms with van der Waals surface area (Å²) >= 11 is 6.31. The van der Waals surface area contributed by atoms with Crippen molar-refractivity contribution in [2.75, 3.05) is 32.2 Å². The third-order valence-electron chi connectivity index (χ3n) is 4.80. The van der Waals surface area contributed by atoms with Gasteiger partial charge in [0.05, 0.1) is 18.7 Å². The van der Waals surface area contributed by atoms with Crippen molar-refractivity contribution in [3.8, 4) is 11.5 Å². The van der Waals surface area contributed by atoms with Gasteiger partial charge in [-0.25, -0.2) is 14.5 Å². The molecule has 1 heterocycles. The van der Waals surface area contributed by atoms with Crippen LogP contribution in [0.15, 0.2) is 42.1 Å². The predicted molar refractivity (Wildman–Crippen MR) is 128 cm³/mol. The summed E-state index contributed by atoms with van der Waals surface area (Å²) in [5.74, 6) is -1.42. The third kappa shape index (κ3) is 6.51. The molecule has 1 saturated heterocycles. The molecule has 0 saturated carbocycles. The van der Waals surface area contributed by atoms with Gasteiger partial charge < -0.3 is 24.8 Å². The van der Waals surface area contributed by atoms with E-state index in [1.165, 1.54) is 19.3 Å². The highest BCUT2D eigenvalue weighted by Gasteiger charge is 2.35. The Kier molecular flexibility index (Phi) is 8.32. The first-order valence-corrected chi connectivity index (χ1v) is 11.0. The summed E-state index contributed by atoms with van der Waals surface area (Å²) in [5, 5.41) is 5.23. The van der Waals surface area contributed by atoms with Crippen LogP contribution in [0.3, 0.4) is 0 Å². The second-order valence-electron chi connectivity index (χ2n) is 7.42. The lowest BCUT2D eigenvalue weighted by Gasteiger charge is -2.14. The fourth-order valence-corrected chi connectivity index (χ4v) is 3.40. The zero-order chi connectivity index (χ0) is 25.5. The molecule has 4 amide bonds. The minimum atomic E-state index is -0.727. The standard InChI is InChI=1S/C24H24ClN3O7/c1-4-34-19-11-15(9-17(25)22(19)35-13-21(30)33-3)10-18-23(31)28(24(32)27-18)12-20(29)26-16-7-5-14(2)6-8-16/h5-11H,4,12-13H2,1-3H3,(H,26,29)(H,27,32)/b18-10+. The SMILES string of the molecule is CCOc1cc(/C=C2/NC(=O)N(CC(=O)Nc3ccc(C)cc3)C2=O)cc(Cl)c1OCC(=O)OC. The highest BCUT2D eigenvalue weighted by molar-refractivity contribution is 6.32. The summed E-state index contributed by atoms with van der Waals surface area (Å²) in [4.78, 5) is 49.7. The van der Waals surface area contributed by atoms with Gasteiger partial charge in [-0.05, 0) is 49.8 Å². The second kappa shape index (κ2) is 11.4. The average molecular weight is 502 g/mol. The molecule has 0 aromatic heterocycles. The Labute approximate surface area is 206 Å². The number of imide groups is 1. The number of esters is 1. The van der Waals surface area contributed by atoms with Gasteiger partial charge in [0.15, 0.2) is 18.1 Å². The van der Waals surface area contributed by atoms with Crippen LogP contribution in [-0.4, -0.2) is 55.6 Å². The van der Waals surface area contributed by atoms with E-state index in [2.05, 4.69) is 15.4 Å². The minimum Gasteiger partial charge on any atom is -0.490 e. The van der Waals surface area contributed by atoms with Gasteiger partial charge in [-0.15, -0.1) is 0 Å². The minimum absolute atomic E-state index is 0.0418. The molecular formula is C24H24ClN3O7. The van der Waals surface area contributed by atoms with Gasteiger partial charge in [-0.3, -0.25) is 9.59 Å². The third-order valence-corrected chi connectivity index (χ3v) is 5.08. The molecule has 0 unspecified atom stereocenters. The highest BCUT2D eigenvalue weighted by Crippen LogP contribution is 2.37. The van der Waals surface area contributed by atoms with E-state index in [-0.39, 0.29) is 35.4 Å². The normalized spacial score (nSPS) is 14.1. The first-order valence-electron chi connectivity index (χ1n) is 10.6. The van der Waals surface area contributed by atoms with Crippen molar-refractivity contribution in [1.29, 1.82) is 0 Å². The van der Waals surface area contributed by atoms with E-state index >= 15 is 0 Å². The molecule has 10 nitrogen and oxygen atoms in total. The zero-order valence-corrected chi connectivity index (χ0v) is 20.1. The first-order chi connectivity index (χ1) is 16.7. The van der Waals surface area contributed by atoms with Crippen LogP contribution in [0.1, 0.15) is 18.1 Å². The average Bonchev–Trinajstić information content (AvgIpc) is 3.07. The Morgan fingerprint density at radius 1 is 1.14 bits per heavy atom. The summed E-state index contributed by atoms with van der Waals surface area (Å²) in [5.41, 5.74) is 1.97. The summed E-state index contributed by atoms with van der Waals surface area (Å²) in [6.45, 7) is 3.13. The fourth-order valence-electron chi connectivity index (χ4n) is 3.13. The predicted octanol–water partition coefficient (Wildman–Crippen LogP) is 3.13. The summed E-state index contributed by atoms with van der Waals surface area (Å²) in [7, 11) is 1.23. The van der Waals surface area contributed by atoms with Crippen LogP contribution >= 0.6 is 11.6 Å². The Morgan fingerprint density at radius 3 is 2.51 bits per heavy atom. The Hall–Kier alpha value is -4.05. The molecule has 11 heteroatoms. The molecule has 0 radical (unpaired) electrons. The number of rotatable bonds is 9. The van der Waals surface area contributed by atoms with E-state index < -0.39 is 30.4 Å². The van der Waals surface area contributed by atoms with Crippen molar-refractivity contribution in [3.05, 3.63) is 58.2 Å². The molecule has 0 aliphatic carbocycles. The van der Waals surface area contributed by atoms with Gasteiger partial charge >= 0.3 is 12.0 Å². The van der Waals surface area contributed by atoms with Crippen molar-refractivity contribution in [1.82, 2.24) is 10.2 Å². The van der Waals surface area contributed by atoms with E-state index in [0.717, 1.165) is 10.5 Å². The second-order valence-corrected chi connectivity index (χ2v) is 7.83. The van der Waals surface area contributed by atoms with Crippen LogP contribution in [0.5, 0.6) is 11.5 Å². The number of hydrogen-bond acceptors (Lipinski definition) is 7. The van der Waals surface area contributed by atoms with Crippen LogP contribution < -0.4 is 20.1 Å². The number of nitrogens with zero attached hydrogens (tertiary/aromatic N) is 1. The lowest BCUT2D eigenvalue weighted by Crippen LogP contribution is -2.38. The summed E-state index contributed by atoms with van der Waals surface area (Å²) in [6, 6.07) is 9.41. The lowest BCUT2D eigenvalue weighted by molar-refractivity contribution is -0.143. The van der Waals surface area contributed by atoms with Crippen molar-refractivity contribution in [2.45, 2.75) is 13.8 Å². The molecule has 1 aliphatic heterocycles. The van der Waals surface area contributed by atoms with Crippen molar-refractivity contribution in [3.63, 3.8) is 0 Å². The van der Waals surface area contributed by atoms with E-state index in [1.807, 2.05) is 19.1 Å². The van der Waals surface area contributed by atoms with E-state index in [4.69, 9.17) is 21.1 Å². The number of urea groups is 1. The summed E-state index contributed by atoms with van der Waals surface area (Å²) < 4.78 is 15.5. The van der Waals surface area contributed by atoms with E-state index in [1.54, 1.807) is 25.1 Å². The Balaban J connectivity index is 1.75. The molecular weight excluding hydrogens is 478 g/mol. The molecule has 1 aliphatic rings. The molecule has 0 atom stereocenters. The number of methoxy groups -OCH3 is 1. The van der Waals surface area contributed by atoms with Crippen LogP contribution in [0.25, 0.3) is 6.08 Å². The Bertz CT molecular complexity index is 1180. The number of hydrogen-bond donors (Lipinski definition) is 2. The quantitative estimate of drug-likeness (QED) is 0.307. The maximum Gasteiger partial charge on any atom is 0.343 e. The van der Waals surface area contributed by atoms with Gasteiger partial charge in [0.2, 0.25) is 5.91 Å². The van der Waals surface area contributed by atoms with Gasteiger partial charge in [0.1, 0.15) is 12.2 Å². The lowest BCUT2D eigenvalue weighted by atomic mass is 10.1. The number of carbonyl (C=O) groups excluding carboxylic acids is 4. The topological polar surface area (TPSA) is 123 Å². The molecule has 0 spiro atoms. The molecule has 184 valence electrons. The number of aryl methyl sites for hydroxylation is 1. The van der Waals surface area contributed by atoms with Crippen molar-refractivity contribution >= 4 is 47.2 Å². The van der Waals surface area contributed by atoms with Crippen molar-refractivity contribution < 1.29 is 33.4 Å². The monoisotopic (exact) mass is 501 g/mol. The number of amides is 4. The highest BCUT2D eigenvalue weighted by atomic mass is 35.5. The number of anilines is 1. The largest absolute Gasteiger partial charge is 0.490 e. The number of ether oxygens (including phenoxy) is 3. The fraction of sp³-hybridized carbons (Fsp3) is 0.250. The molecule has 0 bridgehead atoms. The molecule has 2 aromatic rings. The van der Waals surface area contributed by atoms with Crippen molar-refractivity contribution in [2.24, 2.45) is 0 Å². The van der Waals surface area contributed by atoms with Crippen LogP contribution in [-0.2, 0) is 19.1 Å². The molecule has 1 fully saturated rings. The Morgan fingerprint density at radius 2 is 1.86 bits per heavy atom. The van der Waals surface area contributed by atoms with Gasteiger partial charge in [0, 0.05) is 5.69 Å². The van der Waals surface area contributed by atoms with Crippen LogP contribution in [0.4, 0.5) is 10.5 Å². The number of nitrogens with one attached hydrogen (secondary N) is 2. The van der Waals surface area contributed by atoms with Gasteiger partial charge in [-0.1, -0.05) is 29.3 Å². The smallest absolute Gasteiger partial charge is 0.343 e. The number of benzene rings is 2. The molecule has 35 heavy (non-hydrogen) atoms. The summed E-state index contributed by atoms with van der Waals surface area (Å²) in [6.07, 6.45) is 1.40. The van der Waals surface area contributed by atoms with Crippen LogP contribution in [0.2, 0.25) is 5.02 Å². The van der Waals surface area contributed by atoms with Gasteiger partial charge in [-0.2, -0.15) is 0 Å². The zero-order valence-electron chi connectivity index (χ0n) is 19.3. The number of halogens is 1. The van der Waals surface area contributed by atoms with E-state index in [0.29, 0.717) is 11.3 Å². The maximum atomic E-state index is 12.8. The number of carbonyl (C=O) groups is 4. The first kappa shape index (κ1) is 25.6.